The van der Waals surface area contributed by atoms with Gasteiger partial charge in [-0.05, 0) is 70.7 Å². The molecule has 2 aromatic carbocycles. The molecule has 0 saturated carbocycles. The van der Waals surface area contributed by atoms with E-state index >= 15 is 0 Å². The molecule has 0 aliphatic carbocycles. The molecule has 0 radical (unpaired) electrons. The lowest BCUT2D eigenvalue weighted by atomic mass is 9.87. The number of hydrogen-bond donors (Lipinski definition) is 1. The number of carbonyl (C=O) groups excluding carboxylic acids is 3. The molecule has 3 rings (SSSR count). The molecule has 2 aromatic rings. The van der Waals surface area contributed by atoms with E-state index in [-0.39, 0.29) is 23.6 Å². The molecule has 1 saturated heterocycles. The molecule has 1 N–H and O–H groups in total. The maximum atomic E-state index is 13.3. The van der Waals surface area contributed by atoms with Crippen molar-refractivity contribution in [3.8, 4) is 0 Å². The van der Waals surface area contributed by atoms with Crippen LogP contribution in [0, 0.1) is 19.8 Å². The molecule has 6 heteroatoms. The Labute approximate surface area is 197 Å². The summed E-state index contributed by atoms with van der Waals surface area (Å²) in [6.45, 7) is 10.2. The maximum absolute atomic E-state index is 13.3. The number of rotatable bonds is 7. The second kappa shape index (κ2) is 11.1. The predicted octanol–water partition coefficient (Wildman–Crippen LogP) is 3.82. The number of likely N-dealkylation sites (N-methyl/N-ethyl adjacent to an activating group) is 1. The highest BCUT2D eigenvalue weighted by Crippen LogP contribution is 2.24. The van der Waals surface area contributed by atoms with Gasteiger partial charge in [0, 0.05) is 37.3 Å². The number of amides is 3. The first-order valence-electron chi connectivity index (χ1n) is 11.9. The van der Waals surface area contributed by atoms with Gasteiger partial charge in [0.1, 0.15) is 6.04 Å². The summed E-state index contributed by atoms with van der Waals surface area (Å²) in [5.74, 6) is -0.288. The van der Waals surface area contributed by atoms with Crippen molar-refractivity contribution in [3.63, 3.8) is 0 Å². The highest BCUT2D eigenvalue weighted by atomic mass is 16.2. The number of carbonyl (C=O) groups is 3. The Kier molecular flexibility index (Phi) is 8.26. The molecule has 1 atom stereocenters. The molecular weight excluding hydrogens is 414 g/mol. The summed E-state index contributed by atoms with van der Waals surface area (Å²) in [6.07, 6.45) is 1.34. The van der Waals surface area contributed by atoms with Gasteiger partial charge in [-0.15, -0.1) is 0 Å². The normalized spacial score (nSPS) is 15.1. The van der Waals surface area contributed by atoms with Gasteiger partial charge in [0.15, 0.2) is 0 Å². The van der Waals surface area contributed by atoms with Crippen molar-refractivity contribution in [1.29, 1.82) is 0 Å². The van der Waals surface area contributed by atoms with Crippen molar-refractivity contribution < 1.29 is 14.4 Å². The van der Waals surface area contributed by atoms with Crippen molar-refractivity contribution in [2.45, 2.75) is 46.6 Å². The van der Waals surface area contributed by atoms with Crippen molar-refractivity contribution >= 4 is 17.7 Å². The average Bonchev–Trinajstić information content (AvgIpc) is 2.83. The summed E-state index contributed by atoms with van der Waals surface area (Å²) >= 11 is 0. The molecule has 176 valence electrons. The summed E-state index contributed by atoms with van der Waals surface area (Å²) in [6, 6.07) is 14.4. The second-order valence-corrected chi connectivity index (χ2v) is 8.83. The van der Waals surface area contributed by atoms with Crippen LogP contribution in [0.1, 0.15) is 58.5 Å². The Morgan fingerprint density at radius 2 is 1.58 bits per heavy atom. The van der Waals surface area contributed by atoms with E-state index in [0.29, 0.717) is 50.1 Å². The first kappa shape index (κ1) is 24.5. The number of hydrogen-bond acceptors (Lipinski definition) is 3. The van der Waals surface area contributed by atoms with Gasteiger partial charge in [-0.2, -0.15) is 0 Å². The largest absolute Gasteiger partial charge is 0.341 e. The molecule has 33 heavy (non-hydrogen) atoms. The van der Waals surface area contributed by atoms with Crippen molar-refractivity contribution in [3.05, 3.63) is 70.8 Å². The van der Waals surface area contributed by atoms with E-state index in [1.807, 2.05) is 75.1 Å². The van der Waals surface area contributed by atoms with Crippen molar-refractivity contribution in [2.75, 3.05) is 26.2 Å². The lowest BCUT2D eigenvalue weighted by Gasteiger charge is -2.37. The van der Waals surface area contributed by atoms with E-state index in [2.05, 4.69) is 5.32 Å². The maximum Gasteiger partial charge on any atom is 0.253 e. The number of piperidine rings is 1. The van der Waals surface area contributed by atoms with Crippen LogP contribution in [0.15, 0.2) is 48.5 Å². The van der Waals surface area contributed by atoms with E-state index < -0.39 is 6.04 Å². The summed E-state index contributed by atoms with van der Waals surface area (Å²) in [7, 11) is 0. The van der Waals surface area contributed by atoms with Crippen LogP contribution < -0.4 is 5.32 Å². The van der Waals surface area contributed by atoms with Crippen LogP contribution in [-0.4, -0.2) is 59.7 Å². The highest BCUT2D eigenvalue weighted by Gasteiger charge is 2.35. The monoisotopic (exact) mass is 449 g/mol. The second-order valence-electron chi connectivity index (χ2n) is 8.83. The van der Waals surface area contributed by atoms with Crippen LogP contribution in [0.25, 0.3) is 0 Å². The Hall–Kier alpha value is -3.15. The van der Waals surface area contributed by atoms with E-state index in [4.69, 9.17) is 0 Å². The van der Waals surface area contributed by atoms with Crippen LogP contribution >= 0.6 is 0 Å². The van der Waals surface area contributed by atoms with Gasteiger partial charge in [0.25, 0.3) is 11.8 Å². The number of nitrogens with one attached hydrogen (secondary N) is 1. The standard InChI is InChI=1S/C27H35N3O3/c1-5-29(6-2)27(33)24(28-25(31)23-9-7-8-20(4)18-23)21-14-16-30(17-15-21)26(32)22-12-10-19(3)11-13-22/h7-13,18,21,24H,5-6,14-17H2,1-4H3,(H,28,31)/t24-/m0/s1. The van der Waals surface area contributed by atoms with Crippen LogP contribution in [0.5, 0.6) is 0 Å². The van der Waals surface area contributed by atoms with Gasteiger partial charge < -0.3 is 15.1 Å². The topological polar surface area (TPSA) is 69.7 Å². The zero-order chi connectivity index (χ0) is 24.0. The smallest absolute Gasteiger partial charge is 0.253 e. The summed E-state index contributed by atoms with van der Waals surface area (Å²) in [5, 5.41) is 3.03. The van der Waals surface area contributed by atoms with Crippen LogP contribution in [0.4, 0.5) is 0 Å². The Bertz CT molecular complexity index is 974. The van der Waals surface area contributed by atoms with E-state index in [9.17, 15) is 14.4 Å². The summed E-state index contributed by atoms with van der Waals surface area (Å²) < 4.78 is 0. The molecule has 6 nitrogen and oxygen atoms in total. The summed E-state index contributed by atoms with van der Waals surface area (Å²) in [4.78, 5) is 42.8. The third-order valence-corrected chi connectivity index (χ3v) is 6.50. The molecule has 0 spiro atoms. The van der Waals surface area contributed by atoms with Gasteiger partial charge in [-0.3, -0.25) is 14.4 Å². The lowest BCUT2D eigenvalue weighted by molar-refractivity contribution is -0.134. The minimum absolute atomic E-state index is 0.0175. The van der Waals surface area contributed by atoms with Crippen LogP contribution in [-0.2, 0) is 4.79 Å². The Morgan fingerprint density at radius 3 is 2.15 bits per heavy atom. The van der Waals surface area contributed by atoms with Crippen LogP contribution in [0.3, 0.4) is 0 Å². The number of benzene rings is 2. The van der Waals surface area contributed by atoms with Crippen LogP contribution in [0.2, 0.25) is 0 Å². The first-order chi connectivity index (χ1) is 15.8. The van der Waals surface area contributed by atoms with Crippen molar-refractivity contribution in [1.82, 2.24) is 15.1 Å². The fourth-order valence-electron chi connectivity index (χ4n) is 4.44. The number of nitrogens with zero attached hydrogens (tertiary/aromatic N) is 2. The van der Waals surface area contributed by atoms with Gasteiger partial charge in [-0.1, -0.05) is 35.4 Å². The van der Waals surface area contributed by atoms with Gasteiger partial charge in [-0.25, -0.2) is 0 Å². The molecular formula is C27H35N3O3. The highest BCUT2D eigenvalue weighted by molar-refractivity contribution is 5.98. The summed E-state index contributed by atoms with van der Waals surface area (Å²) in [5.41, 5.74) is 3.35. The molecule has 0 bridgehead atoms. The first-order valence-corrected chi connectivity index (χ1v) is 11.9. The predicted molar refractivity (Wildman–Crippen MR) is 130 cm³/mol. The quantitative estimate of drug-likeness (QED) is 0.699. The SMILES string of the molecule is CCN(CC)C(=O)[C@@H](NC(=O)c1cccc(C)c1)C1CCN(C(=O)c2ccc(C)cc2)CC1. The van der Waals surface area contributed by atoms with Gasteiger partial charge in [0.2, 0.25) is 5.91 Å². The molecule has 1 aliphatic rings. The number of aryl methyl sites for hydroxylation is 2. The fraction of sp³-hybridized carbons (Fsp3) is 0.444. The third kappa shape index (κ3) is 6.01. The Balaban J connectivity index is 1.73. The molecule has 0 aromatic heterocycles. The minimum Gasteiger partial charge on any atom is -0.341 e. The average molecular weight is 450 g/mol. The van der Waals surface area contributed by atoms with E-state index in [0.717, 1.165) is 11.1 Å². The van der Waals surface area contributed by atoms with Crippen molar-refractivity contribution in [2.24, 2.45) is 5.92 Å². The Morgan fingerprint density at radius 1 is 0.939 bits per heavy atom. The van der Waals surface area contributed by atoms with E-state index in [1.54, 1.807) is 11.0 Å². The minimum atomic E-state index is -0.602. The molecule has 1 fully saturated rings. The molecule has 3 amide bonds. The fourth-order valence-corrected chi connectivity index (χ4v) is 4.44. The third-order valence-electron chi connectivity index (χ3n) is 6.50. The van der Waals surface area contributed by atoms with Gasteiger partial charge >= 0.3 is 0 Å². The molecule has 1 aliphatic heterocycles. The zero-order valence-corrected chi connectivity index (χ0v) is 20.1. The number of likely N-dealkylation sites (tertiary alicyclic amines) is 1. The lowest BCUT2D eigenvalue weighted by Crippen LogP contribution is -2.54. The molecule has 0 unspecified atom stereocenters. The van der Waals surface area contributed by atoms with E-state index in [1.165, 1.54) is 0 Å². The molecule has 1 heterocycles. The van der Waals surface area contributed by atoms with Gasteiger partial charge in [0.05, 0.1) is 0 Å². The zero-order valence-electron chi connectivity index (χ0n) is 20.1.